The van der Waals surface area contributed by atoms with Crippen molar-refractivity contribution in [3.63, 3.8) is 0 Å². The summed E-state index contributed by atoms with van der Waals surface area (Å²) in [6.07, 6.45) is 10.5. The number of nitriles is 1. The first kappa shape index (κ1) is 13.1. The van der Waals surface area contributed by atoms with Gasteiger partial charge < -0.3 is 5.32 Å². The van der Waals surface area contributed by atoms with E-state index in [1.807, 2.05) is 0 Å². The number of nitrogens with zero attached hydrogens (tertiary/aromatic N) is 2. The normalized spacial score (nSPS) is 47.4. The molecule has 1 saturated heterocycles. The predicted octanol–water partition coefficient (Wildman–Crippen LogP) is 2.39. The zero-order valence-electron chi connectivity index (χ0n) is 12.5. The minimum absolute atomic E-state index is 0.109. The van der Waals surface area contributed by atoms with Gasteiger partial charge in [-0.1, -0.05) is 0 Å². The van der Waals surface area contributed by atoms with Gasteiger partial charge in [0.1, 0.15) is 6.04 Å². The van der Waals surface area contributed by atoms with E-state index in [9.17, 15) is 5.26 Å². The van der Waals surface area contributed by atoms with Crippen LogP contribution in [0.15, 0.2) is 0 Å². The first-order chi connectivity index (χ1) is 9.76. The highest BCUT2D eigenvalue weighted by atomic mass is 15.2. The minimum atomic E-state index is 0.109. The molecular weight excluding hydrogens is 246 g/mol. The van der Waals surface area contributed by atoms with Crippen molar-refractivity contribution < 1.29 is 0 Å². The maximum atomic E-state index is 9.29. The summed E-state index contributed by atoms with van der Waals surface area (Å²) in [5.74, 6) is 3.16. The van der Waals surface area contributed by atoms with Crippen LogP contribution in [0.4, 0.5) is 0 Å². The Kier molecular flexibility index (Phi) is 3.27. The fraction of sp³-hybridized carbons (Fsp3) is 0.941. The van der Waals surface area contributed by atoms with Gasteiger partial charge in [0.25, 0.3) is 0 Å². The second-order valence-electron chi connectivity index (χ2n) is 8.05. The summed E-state index contributed by atoms with van der Waals surface area (Å²) < 4.78 is 0. The number of hydrogen-bond donors (Lipinski definition) is 1. The predicted molar refractivity (Wildman–Crippen MR) is 79.1 cm³/mol. The van der Waals surface area contributed by atoms with Crippen LogP contribution in [-0.4, -0.2) is 37.1 Å². The SMILES string of the molecule is N#CC1CNCCN1CCC12CC3CC(CC(C3)C1)C2. The molecule has 4 saturated carbocycles. The average molecular weight is 273 g/mol. The summed E-state index contributed by atoms with van der Waals surface area (Å²) in [6, 6.07) is 2.58. The second kappa shape index (κ2) is 5.00. The van der Waals surface area contributed by atoms with E-state index >= 15 is 0 Å². The summed E-state index contributed by atoms with van der Waals surface area (Å²) >= 11 is 0. The van der Waals surface area contributed by atoms with Gasteiger partial charge in [-0.3, -0.25) is 4.90 Å². The number of piperazine rings is 1. The van der Waals surface area contributed by atoms with Gasteiger partial charge in [0, 0.05) is 26.2 Å². The van der Waals surface area contributed by atoms with Crippen molar-refractivity contribution in [1.29, 1.82) is 5.26 Å². The molecule has 1 aliphatic heterocycles. The molecule has 1 N–H and O–H groups in total. The highest BCUT2D eigenvalue weighted by Gasteiger charge is 2.50. The molecule has 4 bridgehead atoms. The Labute approximate surface area is 122 Å². The molecular formula is C17H27N3. The quantitative estimate of drug-likeness (QED) is 0.858. The van der Waals surface area contributed by atoms with Gasteiger partial charge in [-0.05, 0) is 68.1 Å². The lowest BCUT2D eigenvalue weighted by molar-refractivity contribution is -0.0621. The highest BCUT2D eigenvalue weighted by molar-refractivity contribution is 5.02. The summed E-state index contributed by atoms with van der Waals surface area (Å²) in [6.45, 7) is 4.13. The lowest BCUT2D eigenvalue weighted by atomic mass is 9.49. The van der Waals surface area contributed by atoms with E-state index in [2.05, 4.69) is 16.3 Å². The van der Waals surface area contributed by atoms with E-state index in [1.54, 1.807) is 0 Å². The first-order valence-electron chi connectivity index (χ1n) is 8.61. The Hall–Kier alpha value is -0.590. The Balaban J connectivity index is 1.40. The van der Waals surface area contributed by atoms with E-state index in [0.29, 0.717) is 5.41 Å². The first-order valence-corrected chi connectivity index (χ1v) is 8.61. The van der Waals surface area contributed by atoms with Crippen LogP contribution in [0.2, 0.25) is 0 Å². The molecule has 5 rings (SSSR count). The van der Waals surface area contributed by atoms with Crippen LogP contribution >= 0.6 is 0 Å². The second-order valence-corrected chi connectivity index (χ2v) is 8.05. The van der Waals surface area contributed by atoms with Gasteiger partial charge in [-0.15, -0.1) is 0 Å². The van der Waals surface area contributed by atoms with Crippen LogP contribution in [0.25, 0.3) is 0 Å². The summed E-state index contributed by atoms with van der Waals surface area (Å²) in [4.78, 5) is 2.44. The van der Waals surface area contributed by atoms with Crippen LogP contribution in [0.3, 0.4) is 0 Å². The zero-order chi connectivity index (χ0) is 13.6. The molecule has 3 heteroatoms. The zero-order valence-corrected chi connectivity index (χ0v) is 12.5. The Morgan fingerprint density at radius 2 is 1.75 bits per heavy atom. The fourth-order valence-corrected chi connectivity index (χ4v) is 6.12. The molecule has 20 heavy (non-hydrogen) atoms. The molecule has 1 atom stereocenters. The molecule has 1 heterocycles. The molecule has 0 aromatic heterocycles. The molecule has 5 aliphatic rings. The molecule has 0 aromatic rings. The molecule has 0 radical (unpaired) electrons. The van der Waals surface area contributed by atoms with E-state index in [4.69, 9.17) is 0 Å². The van der Waals surface area contributed by atoms with Gasteiger partial charge in [0.15, 0.2) is 0 Å². The van der Waals surface area contributed by atoms with Gasteiger partial charge in [0.2, 0.25) is 0 Å². The summed E-state index contributed by atoms with van der Waals surface area (Å²) in [5, 5.41) is 12.6. The standard InChI is InChI=1S/C17H27N3/c18-11-16-12-19-2-4-20(16)3-1-17-8-13-5-14(9-17)7-15(6-13)10-17/h13-16,19H,1-10,12H2. The minimum Gasteiger partial charge on any atom is -0.313 e. The van der Waals surface area contributed by atoms with E-state index in [1.165, 1.54) is 44.9 Å². The van der Waals surface area contributed by atoms with Crippen molar-refractivity contribution in [2.45, 2.75) is 51.0 Å². The van der Waals surface area contributed by atoms with Crippen molar-refractivity contribution in [2.24, 2.45) is 23.2 Å². The molecule has 1 unspecified atom stereocenters. The van der Waals surface area contributed by atoms with Crippen molar-refractivity contribution in [2.75, 3.05) is 26.2 Å². The largest absolute Gasteiger partial charge is 0.313 e. The molecule has 0 spiro atoms. The monoisotopic (exact) mass is 273 g/mol. The number of hydrogen-bond acceptors (Lipinski definition) is 3. The van der Waals surface area contributed by atoms with E-state index in [-0.39, 0.29) is 6.04 Å². The average Bonchev–Trinajstić information content (AvgIpc) is 2.44. The molecule has 0 amide bonds. The molecule has 110 valence electrons. The van der Waals surface area contributed by atoms with E-state index < -0.39 is 0 Å². The van der Waals surface area contributed by atoms with Crippen LogP contribution in [0.5, 0.6) is 0 Å². The third kappa shape index (κ3) is 2.27. The van der Waals surface area contributed by atoms with Crippen LogP contribution in [0.1, 0.15) is 44.9 Å². The highest BCUT2D eigenvalue weighted by Crippen LogP contribution is 2.61. The Morgan fingerprint density at radius 1 is 1.10 bits per heavy atom. The van der Waals surface area contributed by atoms with Crippen molar-refractivity contribution in [3.05, 3.63) is 0 Å². The number of nitrogens with one attached hydrogen (secondary N) is 1. The van der Waals surface area contributed by atoms with E-state index in [0.717, 1.165) is 43.9 Å². The topological polar surface area (TPSA) is 39.1 Å². The van der Waals surface area contributed by atoms with Crippen LogP contribution in [0, 0.1) is 34.5 Å². The van der Waals surface area contributed by atoms with Gasteiger partial charge in [-0.25, -0.2) is 0 Å². The fourth-order valence-electron chi connectivity index (χ4n) is 6.12. The summed E-state index contributed by atoms with van der Waals surface area (Å²) in [7, 11) is 0. The van der Waals surface area contributed by atoms with Crippen molar-refractivity contribution >= 4 is 0 Å². The van der Waals surface area contributed by atoms with Crippen LogP contribution < -0.4 is 5.32 Å². The van der Waals surface area contributed by atoms with Gasteiger partial charge >= 0.3 is 0 Å². The number of rotatable bonds is 3. The maximum absolute atomic E-state index is 9.29. The molecule has 5 fully saturated rings. The lowest BCUT2D eigenvalue weighted by Gasteiger charge is -2.57. The molecule has 0 aromatic carbocycles. The smallest absolute Gasteiger partial charge is 0.110 e. The van der Waals surface area contributed by atoms with Gasteiger partial charge in [-0.2, -0.15) is 5.26 Å². The third-order valence-corrected chi connectivity index (χ3v) is 6.60. The van der Waals surface area contributed by atoms with Gasteiger partial charge in [0.05, 0.1) is 6.07 Å². The third-order valence-electron chi connectivity index (χ3n) is 6.60. The Bertz CT molecular complexity index is 376. The lowest BCUT2D eigenvalue weighted by Crippen LogP contribution is -2.52. The van der Waals surface area contributed by atoms with Crippen LogP contribution in [-0.2, 0) is 0 Å². The Morgan fingerprint density at radius 3 is 2.35 bits per heavy atom. The molecule has 4 aliphatic carbocycles. The molecule has 3 nitrogen and oxygen atoms in total. The summed E-state index contributed by atoms with van der Waals surface area (Å²) in [5.41, 5.74) is 0.666. The van der Waals surface area contributed by atoms with Crippen molar-refractivity contribution in [1.82, 2.24) is 10.2 Å². The maximum Gasteiger partial charge on any atom is 0.110 e. The van der Waals surface area contributed by atoms with Crippen molar-refractivity contribution in [3.8, 4) is 6.07 Å².